The van der Waals surface area contributed by atoms with Crippen LogP contribution in [0.5, 0.6) is 11.5 Å². The molecule has 0 radical (unpaired) electrons. The van der Waals surface area contributed by atoms with Crippen LogP contribution in [0.1, 0.15) is 12.8 Å². The molecule has 2 aromatic carbocycles. The molecule has 0 aromatic heterocycles. The number of nitrogens with one attached hydrogen (secondary N) is 1. The number of rotatable bonds is 5. The van der Waals surface area contributed by atoms with Crippen molar-refractivity contribution < 1.29 is 28.6 Å². The Bertz CT molecular complexity index is 800. The summed E-state index contributed by atoms with van der Waals surface area (Å²) in [5.41, 5.74) is -1.02. The second kappa shape index (κ2) is 7.53. The minimum absolute atomic E-state index is 0.134. The smallest absolute Gasteiger partial charge is 0.319 e. The highest BCUT2D eigenvalue weighted by molar-refractivity contribution is 6.08. The van der Waals surface area contributed by atoms with Crippen molar-refractivity contribution in [3.8, 4) is 11.5 Å². The molecule has 2 N–H and O–H groups in total. The number of carbonyl (C=O) groups excluding carboxylic acids is 1. The van der Waals surface area contributed by atoms with Crippen molar-refractivity contribution in [2.24, 2.45) is 5.41 Å². The number of benzene rings is 2. The number of carboxylic acid groups (broad SMARTS) is 1. The Morgan fingerprint density at radius 3 is 2.38 bits per heavy atom. The molecule has 7 heteroatoms. The third-order valence-corrected chi connectivity index (χ3v) is 4.33. The minimum Gasteiger partial charge on any atom is -0.480 e. The van der Waals surface area contributed by atoms with Gasteiger partial charge in [0.25, 0.3) is 0 Å². The van der Waals surface area contributed by atoms with Crippen molar-refractivity contribution in [2.45, 2.75) is 12.8 Å². The van der Waals surface area contributed by atoms with E-state index in [1.807, 2.05) is 0 Å². The van der Waals surface area contributed by atoms with Crippen LogP contribution < -0.4 is 10.1 Å². The van der Waals surface area contributed by atoms with E-state index in [1.165, 1.54) is 12.1 Å². The van der Waals surface area contributed by atoms with Crippen LogP contribution >= 0.6 is 0 Å². The molecule has 0 spiro atoms. The quantitative estimate of drug-likeness (QED) is 0.799. The first-order valence-corrected chi connectivity index (χ1v) is 8.16. The van der Waals surface area contributed by atoms with Crippen molar-refractivity contribution in [3.63, 3.8) is 0 Å². The summed E-state index contributed by atoms with van der Waals surface area (Å²) < 4.78 is 23.9. The Hall–Kier alpha value is -2.93. The Kier molecular flexibility index (Phi) is 5.18. The van der Waals surface area contributed by atoms with Gasteiger partial charge in [0.1, 0.15) is 17.3 Å². The van der Waals surface area contributed by atoms with Crippen LogP contribution in [0.3, 0.4) is 0 Å². The number of carbonyl (C=O) groups is 2. The zero-order valence-corrected chi connectivity index (χ0v) is 13.9. The minimum atomic E-state index is -1.48. The van der Waals surface area contributed by atoms with E-state index >= 15 is 0 Å². The Morgan fingerprint density at radius 1 is 1.08 bits per heavy atom. The molecule has 136 valence electrons. The van der Waals surface area contributed by atoms with Crippen LogP contribution in [0.15, 0.2) is 48.5 Å². The molecule has 0 saturated carbocycles. The summed E-state index contributed by atoms with van der Waals surface area (Å²) in [6.07, 6.45) is 0.268. The molecular formula is C19H18FNO5. The second-order valence-corrected chi connectivity index (χ2v) is 6.04. The van der Waals surface area contributed by atoms with Gasteiger partial charge in [0.15, 0.2) is 5.41 Å². The first kappa shape index (κ1) is 17.9. The summed E-state index contributed by atoms with van der Waals surface area (Å²) in [5, 5.41) is 12.1. The van der Waals surface area contributed by atoms with E-state index in [1.54, 1.807) is 36.4 Å². The number of hydrogen-bond donors (Lipinski definition) is 2. The number of aliphatic carboxylic acids is 1. The molecule has 6 nitrogen and oxygen atoms in total. The maximum Gasteiger partial charge on any atom is 0.319 e. The van der Waals surface area contributed by atoms with Gasteiger partial charge in [-0.05, 0) is 49.2 Å². The largest absolute Gasteiger partial charge is 0.480 e. The number of ether oxygens (including phenoxy) is 2. The molecule has 1 aliphatic rings. The first-order chi connectivity index (χ1) is 12.5. The molecule has 0 bridgehead atoms. The average molecular weight is 359 g/mol. The van der Waals surface area contributed by atoms with E-state index in [0.717, 1.165) is 0 Å². The topological polar surface area (TPSA) is 84.9 Å². The summed E-state index contributed by atoms with van der Waals surface area (Å²) in [7, 11) is 0. The standard InChI is InChI=1S/C19H18FNO5/c20-13-2-1-3-16(12-13)26-15-6-4-14(5-7-15)21-17(22)19(18(23)24)8-10-25-11-9-19/h1-7,12H,8-11H2,(H,21,22)(H,23,24). The van der Waals surface area contributed by atoms with Gasteiger partial charge >= 0.3 is 5.97 Å². The van der Waals surface area contributed by atoms with Crippen molar-refractivity contribution >= 4 is 17.6 Å². The van der Waals surface area contributed by atoms with Gasteiger partial charge in [-0.1, -0.05) is 6.07 Å². The average Bonchev–Trinajstić information content (AvgIpc) is 2.64. The van der Waals surface area contributed by atoms with Crippen molar-refractivity contribution in [3.05, 3.63) is 54.3 Å². The van der Waals surface area contributed by atoms with Gasteiger partial charge < -0.3 is 19.9 Å². The predicted molar refractivity (Wildman–Crippen MR) is 91.7 cm³/mol. The fraction of sp³-hybridized carbons (Fsp3) is 0.263. The van der Waals surface area contributed by atoms with E-state index in [-0.39, 0.29) is 26.1 Å². The van der Waals surface area contributed by atoms with Crippen LogP contribution in [0.2, 0.25) is 0 Å². The molecule has 2 aromatic rings. The van der Waals surface area contributed by atoms with Crippen molar-refractivity contribution in [1.29, 1.82) is 0 Å². The first-order valence-electron chi connectivity index (χ1n) is 8.16. The van der Waals surface area contributed by atoms with Crippen LogP contribution in [-0.4, -0.2) is 30.2 Å². The van der Waals surface area contributed by atoms with Crippen LogP contribution in [0, 0.1) is 11.2 Å². The van der Waals surface area contributed by atoms with Gasteiger partial charge in [0.2, 0.25) is 5.91 Å². The molecule has 0 atom stereocenters. The van der Waals surface area contributed by atoms with Gasteiger partial charge in [0.05, 0.1) is 0 Å². The SMILES string of the molecule is O=C(O)C1(C(=O)Nc2ccc(Oc3cccc(F)c3)cc2)CCOCC1. The van der Waals surface area contributed by atoms with Crippen LogP contribution in [0.25, 0.3) is 0 Å². The molecule has 1 fully saturated rings. The Morgan fingerprint density at radius 2 is 1.77 bits per heavy atom. The molecule has 1 aliphatic heterocycles. The van der Waals surface area contributed by atoms with E-state index < -0.39 is 23.1 Å². The van der Waals surface area contributed by atoms with E-state index in [9.17, 15) is 19.1 Å². The number of anilines is 1. The summed E-state index contributed by atoms with van der Waals surface area (Å²) in [6.45, 7) is 0.472. The number of halogens is 1. The van der Waals surface area contributed by atoms with E-state index in [0.29, 0.717) is 17.2 Å². The Balaban J connectivity index is 1.68. The lowest BCUT2D eigenvalue weighted by molar-refractivity contribution is -0.160. The third-order valence-electron chi connectivity index (χ3n) is 4.33. The maximum absolute atomic E-state index is 13.2. The molecule has 0 aliphatic carbocycles. The number of amides is 1. The lowest BCUT2D eigenvalue weighted by atomic mass is 9.79. The summed E-state index contributed by atoms with van der Waals surface area (Å²) in [6, 6.07) is 12.2. The summed E-state index contributed by atoms with van der Waals surface area (Å²) in [4.78, 5) is 24.1. The number of hydrogen-bond acceptors (Lipinski definition) is 4. The highest BCUT2D eigenvalue weighted by Crippen LogP contribution is 2.33. The fourth-order valence-corrected chi connectivity index (χ4v) is 2.78. The number of carboxylic acids is 1. The highest BCUT2D eigenvalue weighted by atomic mass is 19.1. The summed E-state index contributed by atoms with van der Waals surface area (Å²) in [5.74, 6) is -1.29. The molecule has 3 rings (SSSR count). The highest BCUT2D eigenvalue weighted by Gasteiger charge is 2.47. The van der Waals surface area contributed by atoms with Gasteiger partial charge in [-0.25, -0.2) is 4.39 Å². The fourth-order valence-electron chi connectivity index (χ4n) is 2.78. The van der Waals surface area contributed by atoms with Gasteiger partial charge in [-0.3, -0.25) is 9.59 Å². The van der Waals surface area contributed by atoms with Crippen molar-refractivity contribution in [2.75, 3.05) is 18.5 Å². The predicted octanol–water partition coefficient (Wildman–Crippen LogP) is 3.44. The lowest BCUT2D eigenvalue weighted by Crippen LogP contribution is -2.47. The van der Waals surface area contributed by atoms with Crippen LogP contribution in [0.4, 0.5) is 10.1 Å². The van der Waals surface area contributed by atoms with Gasteiger partial charge in [0, 0.05) is 25.0 Å². The Labute approximate surface area is 149 Å². The zero-order valence-electron chi connectivity index (χ0n) is 13.9. The van der Waals surface area contributed by atoms with Crippen LogP contribution in [-0.2, 0) is 14.3 Å². The molecular weight excluding hydrogens is 341 g/mol. The monoisotopic (exact) mass is 359 g/mol. The zero-order chi connectivity index (χ0) is 18.6. The van der Waals surface area contributed by atoms with Gasteiger partial charge in [-0.15, -0.1) is 0 Å². The summed E-state index contributed by atoms with van der Waals surface area (Å²) >= 11 is 0. The van der Waals surface area contributed by atoms with E-state index in [4.69, 9.17) is 9.47 Å². The third kappa shape index (κ3) is 3.83. The normalized spacial score (nSPS) is 15.9. The van der Waals surface area contributed by atoms with Gasteiger partial charge in [-0.2, -0.15) is 0 Å². The maximum atomic E-state index is 13.2. The lowest BCUT2D eigenvalue weighted by Gasteiger charge is -2.31. The molecule has 26 heavy (non-hydrogen) atoms. The molecule has 1 amide bonds. The molecule has 1 saturated heterocycles. The second-order valence-electron chi connectivity index (χ2n) is 6.04. The molecule has 0 unspecified atom stereocenters. The van der Waals surface area contributed by atoms with Crippen molar-refractivity contribution in [1.82, 2.24) is 0 Å². The molecule has 1 heterocycles. The van der Waals surface area contributed by atoms with E-state index in [2.05, 4.69) is 5.32 Å².